The van der Waals surface area contributed by atoms with E-state index in [0.717, 1.165) is 16.0 Å². The molecule has 0 aliphatic carbocycles. The molecule has 0 spiro atoms. The monoisotopic (exact) mass is 386 g/mol. The minimum Gasteiger partial charge on any atom is -0.480 e. The maximum atomic E-state index is 13.8. The number of rotatable bonds is 3. The minimum atomic E-state index is -3.14. The van der Waals surface area contributed by atoms with Crippen molar-refractivity contribution >= 4 is 22.9 Å². The number of carbonyl (C=O) groups is 1. The summed E-state index contributed by atoms with van der Waals surface area (Å²) in [4.78, 5) is 28.7. The lowest BCUT2D eigenvalue weighted by molar-refractivity contribution is -0.139. The van der Waals surface area contributed by atoms with Gasteiger partial charge >= 0.3 is 11.6 Å². The fourth-order valence-corrected chi connectivity index (χ4v) is 3.57. The zero-order valence-electron chi connectivity index (χ0n) is 14.9. The highest BCUT2D eigenvalue weighted by Crippen LogP contribution is 2.36. The Morgan fingerprint density at radius 3 is 2.71 bits per heavy atom. The van der Waals surface area contributed by atoms with E-state index >= 15 is 0 Å². The van der Waals surface area contributed by atoms with Gasteiger partial charge in [-0.1, -0.05) is 24.3 Å². The first kappa shape index (κ1) is 18.1. The minimum absolute atomic E-state index is 0.0254. The summed E-state index contributed by atoms with van der Waals surface area (Å²) in [5.74, 6) is -4.46. The van der Waals surface area contributed by atoms with Crippen molar-refractivity contribution in [2.75, 3.05) is 11.4 Å². The second-order valence-corrected chi connectivity index (χ2v) is 6.86. The maximum absolute atomic E-state index is 13.8. The van der Waals surface area contributed by atoms with Crippen molar-refractivity contribution in [1.82, 2.24) is 4.98 Å². The average molecular weight is 386 g/mol. The van der Waals surface area contributed by atoms with Gasteiger partial charge in [-0.3, -0.25) is 0 Å². The van der Waals surface area contributed by atoms with Crippen LogP contribution < -0.4 is 10.5 Å². The summed E-state index contributed by atoms with van der Waals surface area (Å²) in [6, 6.07) is 10.5. The SMILES string of the molecule is Cc1ccccc1-c1cc(=O)oc2nc(N3CC(F)(F)C[C@H]3C(=O)O)ccc12. The Balaban J connectivity index is 1.86. The highest BCUT2D eigenvalue weighted by molar-refractivity contribution is 5.93. The van der Waals surface area contributed by atoms with Crippen LogP contribution in [0, 0.1) is 6.92 Å². The summed E-state index contributed by atoms with van der Waals surface area (Å²) >= 11 is 0. The van der Waals surface area contributed by atoms with Crippen LogP contribution in [0.4, 0.5) is 14.6 Å². The van der Waals surface area contributed by atoms with Gasteiger partial charge in [-0.25, -0.2) is 18.4 Å². The molecular formula is C20H16F2N2O4. The zero-order valence-corrected chi connectivity index (χ0v) is 14.9. The molecule has 1 atom stereocenters. The summed E-state index contributed by atoms with van der Waals surface area (Å²) in [6.07, 6.45) is -0.796. The highest BCUT2D eigenvalue weighted by Gasteiger charge is 2.48. The van der Waals surface area contributed by atoms with E-state index in [1.165, 1.54) is 12.1 Å². The van der Waals surface area contributed by atoms with Crippen molar-refractivity contribution in [2.45, 2.75) is 25.3 Å². The van der Waals surface area contributed by atoms with E-state index in [2.05, 4.69) is 4.98 Å². The highest BCUT2D eigenvalue weighted by atomic mass is 19.3. The molecule has 3 aromatic rings. The second-order valence-electron chi connectivity index (χ2n) is 6.86. The molecule has 0 saturated carbocycles. The third kappa shape index (κ3) is 3.11. The van der Waals surface area contributed by atoms with Crippen LogP contribution in [0.25, 0.3) is 22.2 Å². The van der Waals surface area contributed by atoms with E-state index in [9.17, 15) is 23.5 Å². The number of alkyl halides is 2. The van der Waals surface area contributed by atoms with Crippen LogP contribution in [0.15, 0.2) is 51.7 Å². The first-order valence-corrected chi connectivity index (χ1v) is 8.63. The van der Waals surface area contributed by atoms with Gasteiger partial charge < -0.3 is 14.4 Å². The Bertz CT molecular complexity index is 1140. The molecule has 8 heteroatoms. The van der Waals surface area contributed by atoms with Crippen molar-refractivity contribution < 1.29 is 23.1 Å². The smallest absolute Gasteiger partial charge is 0.338 e. The van der Waals surface area contributed by atoms with Crippen LogP contribution >= 0.6 is 0 Å². The number of pyridine rings is 1. The van der Waals surface area contributed by atoms with Gasteiger partial charge in [0.2, 0.25) is 5.71 Å². The van der Waals surface area contributed by atoms with Gasteiger partial charge in [-0.05, 0) is 30.2 Å². The maximum Gasteiger partial charge on any atom is 0.338 e. The number of benzene rings is 1. The summed E-state index contributed by atoms with van der Waals surface area (Å²) < 4.78 is 32.8. The molecule has 1 saturated heterocycles. The van der Waals surface area contributed by atoms with Crippen molar-refractivity contribution in [1.29, 1.82) is 0 Å². The molecule has 6 nitrogen and oxygen atoms in total. The largest absolute Gasteiger partial charge is 0.480 e. The number of aliphatic carboxylic acids is 1. The summed E-state index contributed by atoms with van der Waals surface area (Å²) in [5.41, 5.74) is 1.74. The molecule has 1 fully saturated rings. The Morgan fingerprint density at radius 1 is 1.25 bits per heavy atom. The molecule has 1 aliphatic rings. The first-order valence-electron chi connectivity index (χ1n) is 8.63. The van der Waals surface area contributed by atoms with Gasteiger partial charge in [0.15, 0.2) is 0 Å². The predicted molar refractivity (Wildman–Crippen MR) is 98.8 cm³/mol. The summed E-state index contributed by atoms with van der Waals surface area (Å²) in [6.45, 7) is 1.14. The number of aryl methyl sites for hydroxylation is 1. The molecule has 1 N–H and O–H groups in total. The van der Waals surface area contributed by atoms with Crippen LogP contribution in [0.3, 0.4) is 0 Å². The third-order valence-electron chi connectivity index (χ3n) is 4.88. The van der Waals surface area contributed by atoms with E-state index < -0.39 is 36.5 Å². The number of carboxylic acid groups (broad SMARTS) is 1. The molecule has 1 aliphatic heterocycles. The van der Waals surface area contributed by atoms with Crippen LogP contribution in [0.1, 0.15) is 12.0 Å². The number of fused-ring (bicyclic) bond motifs is 1. The quantitative estimate of drug-likeness (QED) is 0.742. The molecule has 0 unspecified atom stereocenters. The van der Waals surface area contributed by atoms with Crippen LogP contribution in [0.2, 0.25) is 0 Å². The standard InChI is InChI=1S/C20H16F2N2O4/c1-11-4-2-3-5-12(11)14-8-17(25)28-18-13(14)6-7-16(23-18)24-10-20(21,22)9-15(24)19(26)27/h2-8,15H,9-10H2,1H3,(H,26,27)/t15-/m0/s1. The van der Waals surface area contributed by atoms with Crippen LogP contribution in [0.5, 0.6) is 0 Å². The third-order valence-corrected chi connectivity index (χ3v) is 4.88. The average Bonchev–Trinajstić information content (AvgIpc) is 2.97. The van der Waals surface area contributed by atoms with Crippen LogP contribution in [-0.4, -0.2) is 34.6 Å². The number of hydrogen-bond donors (Lipinski definition) is 1. The fourth-order valence-electron chi connectivity index (χ4n) is 3.57. The Hall–Kier alpha value is -3.29. The number of nitrogens with zero attached hydrogens (tertiary/aromatic N) is 2. The second kappa shape index (κ2) is 6.40. The van der Waals surface area contributed by atoms with Crippen molar-refractivity contribution in [3.63, 3.8) is 0 Å². The van der Waals surface area contributed by atoms with Gasteiger partial charge in [-0.2, -0.15) is 4.98 Å². The van der Waals surface area contributed by atoms with Gasteiger partial charge in [0.05, 0.1) is 6.54 Å². The molecule has 0 bridgehead atoms. The van der Waals surface area contributed by atoms with Gasteiger partial charge in [-0.15, -0.1) is 0 Å². The van der Waals surface area contributed by atoms with Crippen LogP contribution in [-0.2, 0) is 4.79 Å². The van der Waals surface area contributed by atoms with E-state index in [1.54, 1.807) is 6.07 Å². The molecule has 2 aromatic heterocycles. The van der Waals surface area contributed by atoms with Crippen molar-refractivity contribution in [2.24, 2.45) is 0 Å². The lowest BCUT2D eigenvalue weighted by atomic mass is 9.99. The van der Waals surface area contributed by atoms with Crippen molar-refractivity contribution in [3.05, 3.63) is 58.4 Å². The number of halogens is 2. The topological polar surface area (TPSA) is 83.6 Å². The number of hydrogen-bond acceptors (Lipinski definition) is 5. The molecule has 0 radical (unpaired) electrons. The van der Waals surface area contributed by atoms with Gasteiger partial charge in [0.1, 0.15) is 11.9 Å². The normalized spacial score (nSPS) is 18.5. The van der Waals surface area contributed by atoms with E-state index in [1.807, 2.05) is 31.2 Å². The van der Waals surface area contributed by atoms with Gasteiger partial charge in [0, 0.05) is 23.4 Å². The van der Waals surface area contributed by atoms with Crippen molar-refractivity contribution in [3.8, 4) is 11.1 Å². The molecule has 0 amide bonds. The fraction of sp³-hybridized carbons (Fsp3) is 0.250. The lowest BCUT2D eigenvalue weighted by Crippen LogP contribution is -2.36. The molecule has 1 aromatic carbocycles. The molecule has 4 rings (SSSR count). The van der Waals surface area contributed by atoms with E-state index in [-0.39, 0.29) is 11.5 Å². The first-order chi connectivity index (χ1) is 13.2. The molecular weight excluding hydrogens is 370 g/mol. The summed E-state index contributed by atoms with van der Waals surface area (Å²) in [5, 5.41) is 9.82. The molecule has 144 valence electrons. The molecule has 3 heterocycles. The summed E-state index contributed by atoms with van der Waals surface area (Å²) in [7, 11) is 0. The van der Waals surface area contributed by atoms with E-state index in [0.29, 0.717) is 10.9 Å². The zero-order chi connectivity index (χ0) is 20.1. The number of anilines is 1. The predicted octanol–water partition coefficient (Wildman–Crippen LogP) is 3.46. The molecule has 28 heavy (non-hydrogen) atoms. The Morgan fingerprint density at radius 2 is 2.00 bits per heavy atom. The number of aromatic nitrogens is 1. The lowest BCUT2D eigenvalue weighted by Gasteiger charge is -2.22. The Labute approximate surface area is 158 Å². The van der Waals surface area contributed by atoms with Gasteiger partial charge in [0.25, 0.3) is 5.92 Å². The Kier molecular flexibility index (Phi) is 4.14. The number of carboxylic acids is 1. The van der Waals surface area contributed by atoms with E-state index in [4.69, 9.17) is 4.42 Å².